The molecular formula is C53H35N5. The number of hydrogen-bond acceptors (Lipinski definition) is 4. The SMILES string of the molecule is Cc1ccc(-n2c3ccccc3c3c4c(ccc32)C2(c3ccccc3-4)c3ccccc3N(c3nc(-c4ccccc4)nc(-c4ccccc4)n3)c3ccccc32)cc1. The van der Waals surface area contributed by atoms with Crippen molar-refractivity contribution in [2.45, 2.75) is 12.3 Å². The van der Waals surface area contributed by atoms with Crippen LogP contribution in [0.4, 0.5) is 17.3 Å². The van der Waals surface area contributed by atoms with E-state index in [0.29, 0.717) is 17.6 Å². The summed E-state index contributed by atoms with van der Waals surface area (Å²) in [6.07, 6.45) is 0. The Morgan fingerprint density at radius 3 is 1.64 bits per heavy atom. The molecule has 2 aromatic heterocycles. The molecule has 5 heteroatoms. The highest BCUT2D eigenvalue weighted by molar-refractivity contribution is 6.18. The van der Waals surface area contributed by atoms with Crippen molar-refractivity contribution < 1.29 is 0 Å². The molecule has 3 heterocycles. The zero-order valence-electron chi connectivity index (χ0n) is 31.7. The number of rotatable bonds is 4. The van der Waals surface area contributed by atoms with Gasteiger partial charge in [-0.2, -0.15) is 9.97 Å². The minimum Gasteiger partial charge on any atom is -0.309 e. The molecule has 0 saturated carbocycles. The number of fused-ring (bicyclic) bond motifs is 13. The minimum atomic E-state index is -0.617. The highest BCUT2D eigenvalue weighted by Gasteiger charge is 2.52. The predicted octanol–water partition coefficient (Wildman–Crippen LogP) is 12.8. The number of aryl methyl sites for hydroxylation is 1. The molecule has 5 nitrogen and oxygen atoms in total. The summed E-state index contributed by atoms with van der Waals surface area (Å²) >= 11 is 0. The molecule has 2 aliphatic rings. The summed E-state index contributed by atoms with van der Waals surface area (Å²) in [7, 11) is 0. The average Bonchev–Trinajstić information content (AvgIpc) is 3.78. The Morgan fingerprint density at radius 2 is 0.983 bits per heavy atom. The molecule has 0 bridgehead atoms. The molecule has 8 aromatic carbocycles. The van der Waals surface area contributed by atoms with E-state index >= 15 is 0 Å². The third kappa shape index (κ3) is 4.50. The van der Waals surface area contributed by atoms with Gasteiger partial charge in [0.2, 0.25) is 5.95 Å². The number of aromatic nitrogens is 4. The Labute approximate surface area is 336 Å². The lowest BCUT2D eigenvalue weighted by molar-refractivity contribution is 0.749. The number of para-hydroxylation sites is 3. The normalized spacial score (nSPS) is 13.4. The van der Waals surface area contributed by atoms with Crippen molar-refractivity contribution >= 4 is 39.1 Å². The van der Waals surface area contributed by atoms with E-state index in [1.165, 1.54) is 60.8 Å². The fraction of sp³-hybridized carbons (Fsp3) is 0.0377. The Hall–Kier alpha value is -7.63. The second-order valence-corrected chi connectivity index (χ2v) is 15.3. The zero-order chi connectivity index (χ0) is 38.4. The van der Waals surface area contributed by atoms with Crippen molar-refractivity contribution in [3.8, 4) is 39.6 Å². The van der Waals surface area contributed by atoms with Crippen LogP contribution in [0.3, 0.4) is 0 Å². The second-order valence-electron chi connectivity index (χ2n) is 15.3. The van der Waals surface area contributed by atoms with Gasteiger partial charge < -0.3 is 4.57 Å². The molecular weight excluding hydrogens is 707 g/mol. The molecule has 0 unspecified atom stereocenters. The van der Waals surface area contributed by atoms with Gasteiger partial charge in [0.25, 0.3) is 0 Å². The lowest BCUT2D eigenvalue weighted by Gasteiger charge is -2.44. The van der Waals surface area contributed by atoms with E-state index in [9.17, 15) is 0 Å². The van der Waals surface area contributed by atoms with Gasteiger partial charge in [-0.3, -0.25) is 4.90 Å². The fourth-order valence-corrected chi connectivity index (χ4v) is 9.74. The average molecular weight is 742 g/mol. The first-order chi connectivity index (χ1) is 28.7. The first-order valence-corrected chi connectivity index (χ1v) is 19.8. The fourth-order valence-electron chi connectivity index (χ4n) is 9.74. The molecule has 0 N–H and O–H groups in total. The molecule has 0 fully saturated rings. The maximum absolute atomic E-state index is 5.27. The van der Waals surface area contributed by atoms with Gasteiger partial charge in [-0.1, -0.05) is 163 Å². The summed E-state index contributed by atoms with van der Waals surface area (Å²) < 4.78 is 2.43. The Morgan fingerprint density at radius 1 is 0.431 bits per heavy atom. The third-order valence-corrected chi connectivity index (χ3v) is 12.1. The van der Waals surface area contributed by atoms with E-state index in [1.54, 1.807) is 0 Å². The summed E-state index contributed by atoms with van der Waals surface area (Å²) in [5.41, 5.74) is 15.6. The van der Waals surface area contributed by atoms with Crippen molar-refractivity contribution in [3.63, 3.8) is 0 Å². The quantitative estimate of drug-likeness (QED) is 0.180. The van der Waals surface area contributed by atoms with Gasteiger partial charge in [0.15, 0.2) is 11.6 Å². The zero-order valence-corrected chi connectivity index (χ0v) is 31.7. The molecule has 1 aliphatic carbocycles. The van der Waals surface area contributed by atoms with Gasteiger partial charge in [0.05, 0.1) is 27.8 Å². The molecule has 0 radical (unpaired) electrons. The maximum Gasteiger partial charge on any atom is 0.238 e. The van der Waals surface area contributed by atoms with E-state index in [0.717, 1.165) is 28.2 Å². The van der Waals surface area contributed by atoms with E-state index in [2.05, 4.69) is 174 Å². The number of anilines is 3. The number of hydrogen-bond donors (Lipinski definition) is 0. The van der Waals surface area contributed by atoms with Crippen LogP contribution >= 0.6 is 0 Å². The molecule has 10 aromatic rings. The molecule has 58 heavy (non-hydrogen) atoms. The third-order valence-electron chi connectivity index (χ3n) is 12.1. The molecule has 272 valence electrons. The Balaban J connectivity index is 1.17. The molecule has 0 amide bonds. The van der Waals surface area contributed by atoms with E-state index in [1.807, 2.05) is 36.4 Å². The van der Waals surface area contributed by atoms with E-state index in [4.69, 9.17) is 15.0 Å². The minimum absolute atomic E-state index is 0.575. The van der Waals surface area contributed by atoms with Crippen LogP contribution in [0, 0.1) is 6.92 Å². The van der Waals surface area contributed by atoms with Crippen LogP contribution in [0.5, 0.6) is 0 Å². The monoisotopic (exact) mass is 741 g/mol. The summed E-state index contributed by atoms with van der Waals surface area (Å²) in [6, 6.07) is 69.6. The van der Waals surface area contributed by atoms with Gasteiger partial charge >= 0.3 is 0 Å². The Bertz CT molecular complexity index is 3130. The highest BCUT2D eigenvalue weighted by Crippen LogP contribution is 2.64. The summed E-state index contributed by atoms with van der Waals surface area (Å²) in [5.74, 6) is 1.83. The van der Waals surface area contributed by atoms with Crippen LogP contribution < -0.4 is 4.90 Å². The van der Waals surface area contributed by atoms with Crippen LogP contribution in [0.1, 0.15) is 27.8 Å². The first kappa shape index (κ1) is 32.6. The van der Waals surface area contributed by atoms with Crippen LogP contribution in [-0.2, 0) is 5.41 Å². The number of benzene rings is 8. The maximum atomic E-state index is 5.27. The smallest absolute Gasteiger partial charge is 0.238 e. The van der Waals surface area contributed by atoms with Crippen LogP contribution in [0.15, 0.2) is 194 Å². The molecule has 1 spiro atoms. The summed E-state index contributed by atoms with van der Waals surface area (Å²) in [5, 5.41) is 2.51. The molecule has 12 rings (SSSR count). The first-order valence-electron chi connectivity index (χ1n) is 19.8. The lowest BCUT2D eigenvalue weighted by Crippen LogP contribution is -2.36. The van der Waals surface area contributed by atoms with Crippen LogP contribution in [0.25, 0.3) is 61.4 Å². The van der Waals surface area contributed by atoms with Crippen molar-refractivity contribution in [2.75, 3.05) is 4.90 Å². The Kier molecular flexibility index (Phi) is 6.99. The van der Waals surface area contributed by atoms with E-state index < -0.39 is 5.41 Å². The van der Waals surface area contributed by atoms with Crippen molar-refractivity contribution in [3.05, 3.63) is 222 Å². The van der Waals surface area contributed by atoms with Gasteiger partial charge in [0.1, 0.15) is 0 Å². The van der Waals surface area contributed by atoms with Crippen molar-refractivity contribution in [2.24, 2.45) is 0 Å². The second kappa shape index (κ2) is 12.4. The molecule has 0 saturated heterocycles. The van der Waals surface area contributed by atoms with Gasteiger partial charge in [-0.25, -0.2) is 4.98 Å². The van der Waals surface area contributed by atoms with Gasteiger partial charge in [0, 0.05) is 27.6 Å². The molecule has 1 aliphatic heterocycles. The van der Waals surface area contributed by atoms with Crippen LogP contribution in [-0.4, -0.2) is 19.5 Å². The lowest BCUT2D eigenvalue weighted by atomic mass is 9.64. The van der Waals surface area contributed by atoms with E-state index in [-0.39, 0.29) is 0 Å². The molecule has 0 atom stereocenters. The predicted molar refractivity (Wildman–Crippen MR) is 235 cm³/mol. The summed E-state index contributed by atoms with van der Waals surface area (Å²) in [6.45, 7) is 2.14. The van der Waals surface area contributed by atoms with Gasteiger partial charge in [-0.05, 0) is 76.7 Å². The highest BCUT2D eigenvalue weighted by atomic mass is 15.3. The van der Waals surface area contributed by atoms with Crippen molar-refractivity contribution in [1.29, 1.82) is 0 Å². The number of nitrogens with zero attached hydrogens (tertiary/aromatic N) is 5. The summed E-state index contributed by atoms with van der Waals surface area (Å²) in [4.78, 5) is 17.8. The van der Waals surface area contributed by atoms with Gasteiger partial charge in [-0.15, -0.1) is 0 Å². The van der Waals surface area contributed by atoms with Crippen molar-refractivity contribution in [1.82, 2.24) is 19.5 Å². The largest absolute Gasteiger partial charge is 0.309 e. The van der Waals surface area contributed by atoms with Crippen LogP contribution in [0.2, 0.25) is 0 Å². The topological polar surface area (TPSA) is 46.8 Å². The standard InChI is InChI=1S/C53H35N5/c1-34-28-30-37(31-29-34)57-44-25-13-9-21-39(44)49-47(57)33-32-43-48(49)38-20-8-10-22-40(38)53(43)41-23-11-14-26-45(41)58(46-27-15-12-24-42(46)53)52-55-50(35-16-4-2-5-17-35)54-51(56-52)36-18-6-3-7-19-36/h2-33H,1H3.